The molecule has 260 valence electrons. The summed E-state index contributed by atoms with van der Waals surface area (Å²) in [6.45, 7) is 6.47. The van der Waals surface area contributed by atoms with Gasteiger partial charge in [-0.05, 0) is 69.2 Å². The van der Waals surface area contributed by atoms with Gasteiger partial charge in [0.2, 0.25) is 0 Å². The molecular weight excluding hydrogens is 677 g/mol. The summed E-state index contributed by atoms with van der Waals surface area (Å²) >= 11 is 6.89. The third-order valence-electron chi connectivity index (χ3n) is 11.0. The number of nitrogens with one attached hydrogen (secondary N) is 1. The molecule has 0 amide bonds. The molecule has 3 aromatic rings. The minimum Gasteiger partial charge on any atom is -0.461 e. The number of rotatable bonds is 4. The SMILES string of the molecule is C=C1C[C@@H]2C3CC[C@H](CN2c2nc(OC[C@@]45CCCN4CC(=C(F)F)C5)nc4c(F)c(-c5c(F)c(N)cc(C)c5C(F)(F)F)c(Cl)c1c24)N3. The van der Waals surface area contributed by atoms with Crippen LogP contribution in [0.1, 0.15) is 55.2 Å². The zero-order valence-corrected chi connectivity index (χ0v) is 27.1. The number of anilines is 2. The predicted octanol–water partition coefficient (Wildman–Crippen LogP) is 7.63. The molecular formula is C34H32ClF7N6O. The lowest BCUT2D eigenvalue weighted by Crippen LogP contribution is -2.58. The van der Waals surface area contributed by atoms with Gasteiger partial charge < -0.3 is 20.7 Å². The second kappa shape index (κ2) is 11.2. The summed E-state index contributed by atoms with van der Waals surface area (Å²) in [4.78, 5) is 13.1. The van der Waals surface area contributed by atoms with Gasteiger partial charge in [-0.25, -0.2) is 8.78 Å². The molecule has 7 nitrogen and oxygen atoms in total. The van der Waals surface area contributed by atoms with Gasteiger partial charge in [0.05, 0.1) is 27.2 Å². The lowest BCUT2D eigenvalue weighted by molar-refractivity contribution is -0.137. The Bertz CT molecular complexity index is 1980. The lowest BCUT2D eigenvalue weighted by Gasteiger charge is -2.41. The van der Waals surface area contributed by atoms with Gasteiger partial charge in [0.15, 0.2) is 11.6 Å². The summed E-state index contributed by atoms with van der Waals surface area (Å²) < 4.78 is 110. The van der Waals surface area contributed by atoms with E-state index >= 15 is 8.78 Å². The van der Waals surface area contributed by atoms with Crippen molar-refractivity contribution in [1.29, 1.82) is 0 Å². The number of aromatic nitrogens is 2. The molecule has 0 saturated carbocycles. The molecule has 0 spiro atoms. The van der Waals surface area contributed by atoms with E-state index in [4.69, 9.17) is 27.1 Å². The van der Waals surface area contributed by atoms with E-state index in [9.17, 15) is 22.0 Å². The van der Waals surface area contributed by atoms with Crippen molar-refractivity contribution in [1.82, 2.24) is 20.2 Å². The summed E-state index contributed by atoms with van der Waals surface area (Å²) in [5, 5.41) is 3.27. The molecule has 15 heteroatoms. The number of hydrogen-bond acceptors (Lipinski definition) is 7. The number of aryl methyl sites for hydroxylation is 1. The Labute approximate surface area is 281 Å². The summed E-state index contributed by atoms with van der Waals surface area (Å²) in [7, 11) is 0. The number of nitrogens with two attached hydrogens (primary N) is 1. The van der Waals surface area contributed by atoms with Crippen LogP contribution < -0.4 is 20.7 Å². The Morgan fingerprint density at radius 2 is 1.94 bits per heavy atom. The molecule has 0 radical (unpaired) electrons. The first-order valence-electron chi connectivity index (χ1n) is 16.2. The van der Waals surface area contributed by atoms with Crippen LogP contribution in [0, 0.1) is 18.6 Å². The molecule has 5 aliphatic heterocycles. The van der Waals surface area contributed by atoms with Gasteiger partial charge in [0.25, 0.3) is 6.08 Å². The molecule has 4 saturated heterocycles. The summed E-state index contributed by atoms with van der Waals surface area (Å²) in [6.07, 6.45) is -3.32. The van der Waals surface area contributed by atoms with E-state index in [-0.39, 0.29) is 66.0 Å². The van der Waals surface area contributed by atoms with Crippen molar-refractivity contribution in [2.24, 2.45) is 0 Å². The van der Waals surface area contributed by atoms with Crippen molar-refractivity contribution in [3.8, 4) is 17.1 Å². The van der Waals surface area contributed by atoms with Gasteiger partial charge >= 0.3 is 12.2 Å². The highest BCUT2D eigenvalue weighted by Crippen LogP contribution is 2.53. The van der Waals surface area contributed by atoms with Gasteiger partial charge in [-0.3, -0.25) is 4.90 Å². The largest absolute Gasteiger partial charge is 0.461 e. The Morgan fingerprint density at radius 3 is 2.67 bits per heavy atom. The van der Waals surface area contributed by atoms with E-state index in [1.165, 1.54) is 0 Å². The topological polar surface area (TPSA) is 79.5 Å². The van der Waals surface area contributed by atoms with Crippen LogP contribution in [0.5, 0.6) is 6.01 Å². The van der Waals surface area contributed by atoms with Gasteiger partial charge in [-0.15, -0.1) is 0 Å². The van der Waals surface area contributed by atoms with Crippen molar-refractivity contribution in [3.05, 3.63) is 57.6 Å². The maximum Gasteiger partial charge on any atom is 0.417 e. The highest BCUT2D eigenvalue weighted by atomic mass is 35.5. The zero-order chi connectivity index (χ0) is 34.7. The van der Waals surface area contributed by atoms with Crippen molar-refractivity contribution in [3.63, 3.8) is 0 Å². The molecule has 5 aliphatic rings. The van der Waals surface area contributed by atoms with Crippen LogP contribution in [0.3, 0.4) is 0 Å². The average Bonchev–Trinajstić information content (AvgIpc) is 3.69. The number of nitrogen functional groups attached to an aromatic ring is 1. The van der Waals surface area contributed by atoms with Crippen LogP contribution in [0.4, 0.5) is 42.2 Å². The van der Waals surface area contributed by atoms with Crippen LogP contribution >= 0.6 is 11.6 Å². The van der Waals surface area contributed by atoms with Crippen molar-refractivity contribution < 1.29 is 35.5 Å². The van der Waals surface area contributed by atoms with Crippen LogP contribution in [0.2, 0.25) is 5.02 Å². The van der Waals surface area contributed by atoms with Gasteiger partial charge in [0, 0.05) is 53.5 Å². The third-order valence-corrected chi connectivity index (χ3v) is 11.4. The molecule has 1 unspecified atom stereocenters. The number of fused-ring (bicyclic) bond motifs is 6. The standard InChI is InChI=1S/C34H32ClF7N6O/c1-14-9-20-19-5-4-17(44-19)12-48(20)31-24-21(14)26(35)23(22-25(34(40,41)42)15(2)8-18(43)27(22)36)28(37)29(24)45-32(46-31)49-13-33-6-3-7-47(33)11-16(10-33)30(38)39/h8,17,19-20,44H,1,3-7,9-13,43H2,2H3/t17-,19?,20-,33+/m1/s1. The number of ether oxygens (including phenoxy) is 1. The molecule has 2 aromatic carbocycles. The second-order valence-electron chi connectivity index (χ2n) is 13.9. The van der Waals surface area contributed by atoms with E-state index in [2.05, 4.69) is 16.9 Å². The highest BCUT2D eigenvalue weighted by Gasteiger charge is 2.49. The number of piperazine rings is 1. The fourth-order valence-corrected chi connectivity index (χ4v) is 9.32. The molecule has 4 fully saturated rings. The number of benzene rings is 2. The van der Waals surface area contributed by atoms with Gasteiger partial charge in [-0.1, -0.05) is 18.2 Å². The second-order valence-corrected chi connectivity index (χ2v) is 14.3. The normalized spacial score (nSPS) is 26.4. The summed E-state index contributed by atoms with van der Waals surface area (Å²) in [6, 6.07) is 0.465. The van der Waals surface area contributed by atoms with E-state index in [0.717, 1.165) is 32.3 Å². The van der Waals surface area contributed by atoms with Crippen molar-refractivity contribution >= 4 is 39.6 Å². The molecule has 6 heterocycles. The summed E-state index contributed by atoms with van der Waals surface area (Å²) in [5.41, 5.74) is 0.805. The van der Waals surface area contributed by atoms with Crippen LogP contribution in [-0.2, 0) is 6.18 Å². The molecule has 3 N–H and O–H groups in total. The maximum absolute atomic E-state index is 17.1. The number of hydrogen-bond donors (Lipinski definition) is 2. The first kappa shape index (κ1) is 32.6. The van der Waals surface area contributed by atoms with Crippen LogP contribution in [-0.4, -0.2) is 64.8 Å². The van der Waals surface area contributed by atoms with E-state index in [1.807, 2.05) is 9.80 Å². The molecule has 49 heavy (non-hydrogen) atoms. The van der Waals surface area contributed by atoms with Gasteiger partial charge in [0.1, 0.15) is 17.9 Å². The zero-order valence-electron chi connectivity index (χ0n) is 26.4. The van der Waals surface area contributed by atoms with E-state index < -0.39 is 67.9 Å². The monoisotopic (exact) mass is 708 g/mol. The first-order valence-corrected chi connectivity index (χ1v) is 16.6. The lowest BCUT2D eigenvalue weighted by atomic mass is 9.88. The smallest absolute Gasteiger partial charge is 0.417 e. The first-order chi connectivity index (χ1) is 23.2. The van der Waals surface area contributed by atoms with Crippen molar-refractivity contribution in [2.45, 2.75) is 75.3 Å². The Balaban J connectivity index is 1.36. The fraction of sp³-hybridized carbons (Fsp3) is 0.471. The number of nitrogens with zero attached hydrogens (tertiary/aromatic N) is 4. The molecule has 1 aromatic heterocycles. The van der Waals surface area contributed by atoms with E-state index in [1.54, 1.807) is 0 Å². The minimum atomic E-state index is -5.10. The number of halogens is 8. The molecule has 4 atom stereocenters. The van der Waals surface area contributed by atoms with Crippen LogP contribution in [0.15, 0.2) is 24.3 Å². The Morgan fingerprint density at radius 1 is 1.16 bits per heavy atom. The van der Waals surface area contributed by atoms with Crippen molar-refractivity contribution in [2.75, 3.05) is 36.9 Å². The summed E-state index contributed by atoms with van der Waals surface area (Å²) in [5.74, 6) is -2.51. The minimum absolute atomic E-state index is 0.0124. The quantitative estimate of drug-likeness (QED) is 0.213. The average molecular weight is 709 g/mol. The molecule has 0 aliphatic carbocycles. The highest BCUT2D eigenvalue weighted by molar-refractivity contribution is 6.37. The molecule has 2 bridgehead atoms. The fourth-order valence-electron chi connectivity index (χ4n) is 8.91. The molecule has 8 rings (SSSR count). The third kappa shape index (κ3) is 4.91. The predicted molar refractivity (Wildman–Crippen MR) is 172 cm³/mol. The Hall–Kier alpha value is -3.62. The number of alkyl halides is 3. The van der Waals surface area contributed by atoms with Gasteiger partial charge in [-0.2, -0.15) is 31.9 Å². The Kier molecular flexibility index (Phi) is 7.44. The maximum atomic E-state index is 17.1. The van der Waals surface area contributed by atoms with E-state index in [0.29, 0.717) is 31.5 Å². The van der Waals surface area contributed by atoms with Crippen LogP contribution in [0.25, 0.3) is 27.6 Å².